The predicted molar refractivity (Wildman–Crippen MR) is 107 cm³/mol. The molecule has 26 heavy (non-hydrogen) atoms. The Morgan fingerprint density at radius 2 is 1.92 bits per heavy atom. The fraction of sp³-hybridized carbons (Fsp3) is 0.500. The molecule has 1 aliphatic heterocycles. The summed E-state index contributed by atoms with van der Waals surface area (Å²) in [5, 5.41) is 12.6. The minimum absolute atomic E-state index is 0.0139. The van der Waals surface area contributed by atoms with Gasteiger partial charge in [0.25, 0.3) is 0 Å². The maximum absolute atomic E-state index is 12.3. The van der Waals surface area contributed by atoms with Crippen molar-refractivity contribution in [2.45, 2.75) is 41.8 Å². The Labute approximate surface area is 162 Å². The molecule has 1 aliphatic carbocycles. The summed E-state index contributed by atoms with van der Waals surface area (Å²) in [5.41, 5.74) is 0.829. The number of rotatable bonds is 7. The standard InChI is InChI=1S/C18H23N5OS2/c1-25-15-8-4-13(5-9-15)19-16(24)12-26-18-21-20-17(22-10-2-3-11-22)23(18)14-6-7-14/h4-5,8-9,14H,2-3,6-7,10-12H2,1H3,(H,19,24). The van der Waals surface area contributed by atoms with Gasteiger partial charge >= 0.3 is 0 Å². The molecule has 2 heterocycles. The number of hydrogen-bond donors (Lipinski definition) is 1. The van der Waals surface area contributed by atoms with Gasteiger partial charge in [-0.25, -0.2) is 0 Å². The minimum atomic E-state index is -0.0139. The Hall–Kier alpha value is -1.67. The number of benzene rings is 1. The van der Waals surface area contributed by atoms with Crippen LogP contribution in [0.25, 0.3) is 0 Å². The second-order valence-corrected chi connectivity index (χ2v) is 8.47. The Morgan fingerprint density at radius 3 is 2.58 bits per heavy atom. The summed E-state index contributed by atoms with van der Waals surface area (Å²) in [6.45, 7) is 2.12. The molecule has 1 amide bonds. The van der Waals surface area contributed by atoms with Crippen LogP contribution in [0.2, 0.25) is 0 Å². The molecule has 1 N–H and O–H groups in total. The fourth-order valence-electron chi connectivity index (χ4n) is 3.15. The first-order chi connectivity index (χ1) is 12.7. The molecular formula is C18H23N5OS2. The highest BCUT2D eigenvalue weighted by Crippen LogP contribution is 2.41. The summed E-state index contributed by atoms with van der Waals surface area (Å²) in [6.07, 6.45) is 6.84. The molecule has 0 radical (unpaired) electrons. The number of aromatic nitrogens is 3. The number of nitrogens with one attached hydrogen (secondary N) is 1. The number of hydrogen-bond acceptors (Lipinski definition) is 6. The molecule has 2 aliphatic rings. The van der Waals surface area contributed by atoms with E-state index in [0.29, 0.717) is 11.8 Å². The molecule has 1 aromatic carbocycles. The lowest BCUT2D eigenvalue weighted by atomic mass is 10.3. The number of amides is 1. The summed E-state index contributed by atoms with van der Waals surface area (Å²) >= 11 is 3.16. The molecule has 8 heteroatoms. The lowest BCUT2D eigenvalue weighted by Gasteiger charge is -2.17. The van der Waals surface area contributed by atoms with Crippen molar-refractivity contribution in [3.8, 4) is 0 Å². The van der Waals surface area contributed by atoms with Crippen LogP contribution in [0.3, 0.4) is 0 Å². The fourth-order valence-corrected chi connectivity index (χ4v) is 4.36. The predicted octanol–water partition coefficient (Wildman–Crippen LogP) is 3.67. The maximum Gasteiger partial charge on any atom is 0.234 e. The molecule has 1 saturated heterocycles. The van der Waals surface area contributed by atoms with E-state index < -0.39 is 0 Å². The molecule has 138 valence electrons. The summed E-state index contributed by atoms with van der Waals surface area (Å²) < 4.78 is 2.25. The molecule has 0 spiro atoms. The van der Waals surface area contributed by atoms with Gasteiger partial charge < -0.3 is 10.2 Å². The molecule has 1 saturated carbocycles. The number of carbonyl (C=O) groups excluding carboxylic acids is 1. The minimum Gasteiger partial charge on any atom is -0.341 e. The Bertz CT molecular complexity index is 766. The van der Waals surface area contributed by atoms with Crippen LogP contribution < -0.4 is 10.2 Å². The van der Waals surface area contributed by atoms with E-state index in [-0.39, 0.29) is 5.91 Å². The summed E-state index contributed by atoms with van der Waals surface area (Å²) in [5.74, 6) is 1.32. The number of thioether (sulfide) groups is 2. The molecule has 0 atom stereocenters. The van der Waals surface area contributed by atoms with E-state index in [1.807, 2.05) is 30.5 Å². The average Bonchev–Trinajstić information content (AvgIpc) is 3.18. The number of carbonyl (C=O) groups is 1. The molecule has 2 fully saturated rings. The first-order valence-electron chi connectivity index (χ1n) is 9.01. The summed E-state index contributed by atoms with van der Waals surface area (Å²) in [7, 11) is 0. The second kappa shape index (κ2) is 7.92. The summed E-state index contributed by atoms with van der Waals surface area (Å²) in [6, 6.07) is 8.41. The quantitative estimate of drug-likeness (QED) is 0.729. The van der Waals surface area contributed by atoms with E-state index in [2.05, 4.69) is 25.0 Å². The van der Waals surface area contributed by atoms with Crippen molar-refractivity contribution in [3.05, 3.63) is 24.3 Å². The zero-order chi connectivity index (χ0) is 17.9. The Balaban J connectivity index is 1.38. The van der Waals surface area contributed by atoms with Crippen LogP contribution in [0.4, 0.5) is 11.6 Å². The van der Waals surface area contributed by atoms with Gasteiger partial charge in [-0.1, -0.05) is 11.8 Å². The van der Waals surface area contributed by atoms with Crippen molar-refractivity contribution in [2.75, 3.05) is 35.3 Å². The van der Waals surface area contributed by atoms with Gasteiger partial charge in [-0.05, 0) is 56.2 Å². The van der Waals surface area contributed by atoms with Crippen molar-refractivity contribution in [1.29, 1.82) is 0 Å². The third-order valence-corrected chi connectivity index (χ3v) is 6.34. The van der Waals surface area contributed by atoms with Gasteiger partial charge in [0, 0.05) is 29.7 Å². The van der Waals surface area contributed by atoms with Crippen molar-refractivity contribution < 1.29 is 4.79 Å². The monoisotopic (exact) mass is 389 g/mol. The van der Waals surface area contributed by atoms with Crippen LogP contribution in [-0.4, -0.2) is 45.8 Å². The lowest BCUT2D eigenvalue weighted by molar-refractivity contribution is -0.113. The third-order valence-electron chi connectivity index (χ3n) is 4.65. The molecule has 1 aromatic heterocycles. The van der Waals surface area contributed by atoms with Crippen molar-refractivity contribution >= 4 is 41.1 Å². The molecule has 6 nitrogen and oxygen atoms in total. The second-order valence-electron chi connectivity index (χ2n) is 6.64. The van der Waals surface area contributed by atoms with E-state index in [9.17, 15) is 4.79 Å². The number of nitrogens with zero attached hydrogens (tertiary/aromatic N) is 4. The van der Waals surface area contributed by atoms with Gasteiger partial charge in [-0.15, -0.1) is 22.0 Å². The van der Waals surface area contributed by atoms with Crippen LogP contribution in [0.1, 0.15) is 31.7 Å². The van der Waals surface area contributed by atoms with Gasteiger partial charge in [0.2, 0.25) is 11.9 Å². The molecule has 4 rings (SSSR count). The van der Waals surface area contributed by atoms with Gasteiger partial charge in [0.15, 0.2) is 5.16 Å². The topological polar surface area (TPSA) is 63.1 Å². The largest absolute Gasteiger partial charge is 0.341 e. The van der Waals surface area contributed by atoms with Crippen molar-refractivity contribution in [2.24, 2.45) is 0 Å². The highest BCUT2D eigenvalue weighted by Gasteiger charge is 2.32. The van der Waals surface area contributed by atoms with Crippen LogP contribution >= 0.6 is 23.5 Å². The van der Waals surface area contributed by atoms with Gasteiger partial charge in [-0.2, -0.15) is 0 Å². The van der Waals surface area contributed by atoms with E-state index in [1.54, 1.807) is 11.8 Å². The SMILES string of the molecule is CSc1ccc(NC(=O)CSc2nnc(N3CCCC3)n2C2CC2)cc1. The average molecular weight is 390 g/mol. The van der Waals surface area contributed by atoms with Gasteiger partial charge in [0.1, 0.15) is 0 Å². The van der Waals surface area contributed by atoms with E-state index in [4.69, 9.17) is 0 Å². The number of anilines is 2. The highest BCUT2D eigenvalue weighted by molar-refractivity contribution is 7.99. The Morgan fingerprint density at radius 1 is 1.19 bits per heavy atom. The van der Waals surface area contributed by atoms with Crippen LogP contribution in [0.5, 0.6) is 0 Å². The first kappa shape index (κ1) is 17.7. The first-order valence-corrected chi connectivity index (χ1v) is 11.2. The van der Waals surface area contributed by atoms with E-state index in [1.165, 1.54) is 42.3 Å². The van der Waals surface area contributed by atoms with Gasteiger partial charge in [-0.3, -0.25) is 9.36 Å². The summed E-state index contributed by atoms with van der Waals surface area (Å²) in [4.78, 5) is 15.8. The smallest absolute Gasteiger partial charge is 0.234 e. The van der Waals surface area contributed by atoms with Crippen LogP contribution in [-0.2, 0) is 4.79 Å². The molecule has 0 bridgehead atoms. The van der Waals surface area contributed by atoms with Crippen molar-refractivity contribution in [3.63, 3.8) is 0 Å². The lowest BCUT2D eigenvalue weighted by Crippen LogP contribution is -2.22. The zero-order valence-electron chi connectivity index (χ0n) is 14.9. The van der Waals surface area contributed by atoms with Crippen LogP contribution in [0, 0.1) is 0 Å². The zero-order valence-corrected chi connectivity index (χ0v) is 16.5. The maximum atomic E-state index is 12.3. The Kier molecular flexibility index (Phi) is 5.40. The molecular weight excluding hydrogens is 366 g/mol. The van der Waals surface area contributed by atoms with E-state index in [0.717, 1.165) is 29.9 Å². The highest BCUT2D eigenvalue weighted by atomic mass is 32.2. The van der Waals surface area contributed by atoms with E-state index >= 15 is 0 Å². The molecule has 0 unspecified atom stereocenters. The van der Waals surface area contributed by atoms with Crippen molar-refractivity contribution in [1.82, 2.24) is 14.8 Å². The third kappa shape index (κ3) is 4.01. The van der Waals surface area contributed by atoms with Crippen LogP contribution in [0.15, 0.2) is 34.3 Å². The molecule has 2 aromatic rings. The normalized spacial score (nSPS) is 16.9. The van der Waals surface area contributed by atoms with Gasteiger partial charge in [0.05, 0.1) is 5.75 Å².